The van der Waals surface area contributed by atoms with Gasteiger partial charge in [-0.3, -0.25) is 0 Å². The highest BCUT2D eigenvalue weighted by Crippen LogP contribution is 2.21. The minimum Gasteiger partial charge on any atom is -0.423 e. The van der Waals surface area contributed by atoms with E-state index >= 15 is 0 Å². The van der Waals surface area contributed by atoms with Crippen molar-refractivity contribution in [1.29, 1.82) is 5.26 Å². The largest absolute Gasteiger partial charge is 0.491 e. The standard InChI is InChI=1S/C15H15BN4O2/c1-2-18-15-10(8-17)3-6-14(20-15)19-12-4-5-13-11(7-12)9-22-16(13)21/h3-7,21H,2,9H2,1H3,(H2,18,19,20). The summed E-state index contributed by atoms with van der Waals surface area (Å²) in [6.45, 7) is 3.05. The molecule has 0 bridgehead atoms. The Morgan fingerprint density at radius 3 is 3.05 bits per heavy atom. The van der Waals surface area contributed by atoms with Crippen molar-refractivity contribution in [3.8, 4) is 6.07 Å². The summed E-state index contributed by atoms with van der Waals surface area (Å²) in [4.78, 5) is 4.41. The average molecular weight is 294 g/mol. The van der Waals surface area contributed by atoms with Gasteiger partial charge in [0.05, 0.1) is 12.2 Å². The second-order valence-corrected chi connectivity index (χ2v) is 4.94. The molecule has 1 aliphatic heterocycles. The Morgan fingerprint density at radius 2 is 2.27 bits per heavy atom. The zero-order chi connectivity index (χ0) is 15.5. The molecule has 3 rings (SSSR count). The molecule has 0 fully saturated rings. The first-order valence-corrected chi connectivity index (χ1v) is 7.06. The van der Waals surface area contributed by atoms with Crippen molar-refractivity contribution in [2.75, 3.05) is 17.2 Å². The van der Waals surface area contributed by atoms with E-state index in [1.807, 2.05) is 25.1 Å². The van der Waals surface area contributed by atoms with Crippen LogP contribution in [0.4, 0.5) is 17.3 Å². The molecule has 7 heteroatoms. The van der Waals surface area contributed by atoms with Gasteiger partial charge < -0.3 is 20.3 Å². The lowest BCUT2D eigenvalue weighted by Crippen LogP contribution is -2.27. The number of aromatic nitrogens is 1. The van der Waals surface area contributed by atoms with E-state index in [0.717, 1.165) is 16.7 Å². The van der Waals surface area contributed by atoms with Crippen LogP contribution in [-0.4, -0.2) is 23.7 Å². The van der Waals surface area contributed by atoms with E-state index in [1.54, 1.807) is 12.1 Å². The van der Waals surface area contributed by atoms with Crippen LogP contribution in [0.3, 0.4) is 0 Å². The average Bonchev–Trinajstić information content (AvgIpc) is 2.89. The molecule has 0 saturated carbocycles. The minimum atomic E-state index is -0.836. The van der Waals surface area contributed by atoms with Gasteiger partial charge in [0, 0.05) is 12.2 Å². The molecular formula is C15H15BN4O2. The molecule has 1 aromatic heterocycles. The van der Waals surface area contributed by atoms with Gasteiger partial charge in [0.15, 0.2) is 0 Å². The Hall–Kier alpha value is -2.56. The van der Waals surface area contributed by atoms with E-state index in [4.69, 9.17) is 9.92 Å². The van der Waals surface area contributed by atoms with Gasteiger partial charge in [-0.1, -0.05) is 6.07 Å². The van der Waals surface area contributed by atoms with Gasteiger partial charge in [0.1, 0.15) is 17.7 Å². The maximum atomic E-state index is 9.62. The molecule has 0 aliphatic carbocycles. The second-order valence-electron chi connectivity index (χ2n) is 4.94. The summed E-state index contributed by atoms with van der Waals surface area (Å²) in [7, 11) is -0.836. The fourth-order valence-corrected chi connectivity index (χ4v) is 2.38. The number of nitrogens with zero attached hydrogens (tertiary/aromatic N) is 2. The monoisotopic (exact) mass is 294 g/mol. The van der Waals surface area contributed by atoms with E-state index in [0.29, 0.717) is 30.4 Å². The first-order chi connectivity index (χ1) is 10.7. The first kappa shape index (κ1) is 14.4. The lowest BCUT2D eigenvalue weighted by molar-refractivity contribution is 0.275. The Kier molecular flexibility index (Phi) is 3.96. The number of benzene rings is 1. The Bertz CT molecular complexity index is 745. The van der Waals surface area contributed by atoms with Crippen molar-refractivity contribution in [2.45, 2.75) is 13.5 Å². The normalized spacial score (nSPS) is 12.7. The zero-order valence-corrected chi connectivity index (χ0v) is 12.1. The van der Waals surface area contributed by atoms with Gasteiger partial charge >= 0.3 is 7.12 Å². The smallest absolute Gasteiger partial charge is 0.423 e. The molecule has 2 aromatic rings. The van der Waals surface area contributed by atoms with Crippen LogP contribution in [-0.2, 0) is 11.3 Å². The Balaban J connectivity index is 1.84. The molecule has 0 radical (unpaired) electrons. The molecule has 0 spiro atoms. The molecule has 0 unspecified atom stereocenters. The second kappa shape index (κ2) is 6.06. The number of anilines is 3. The molecule has 2 heterocycles. The van der Waals surface area contributed by atoms with Crippen molar-refractivity contribution < 1.29 is 9.68 Å². The number of nitriles is 1. The topological polar surface area (TPSA) is 90.2 Å². The minimum absolute atomic E-state index is 0.398. The molecule has 0 saturated heterocycles. The quantitative estimate of drug-likeness (QED) is 0.737. The van der Waals surface area contributed by atoms with Crippen LogP contribution in [0.5, 0.6) is 0 Å². The van der Waals surface area contributed by atoms with Crippen LogP contribution < -0.4 is 16.1 Å². The van der Waals surface area contributed by atoms with Crippen molar-refractivity contribution >= 4 is 29.9 Å². The molecule has 1 aromatic carbocycles. The summed E-state index contributed by atoms with van der Waals surface area (Å²) in [5.74, 6) is 1.21. The predicted octanol–water partition coefficient (Wildman–Crippen LogP) is 1.35. The van der Waals surface area contributed by atoms with E-state index in [9.17, 15) is 5.02 Å². The Labute approximate surface area is 128 Å². The number of pyridine rings is 1. The fraction of sp³-hybridized carbons (Fsp3) is 0.200. The SMILES string of the molecule is CCNc1nc(Nc2ccc3c(c2)COB3O)ccc1C#N. The number of hydrogen-bond donors (Lipinski definition) is 3. The zero-order valence-electron chi connectivity index (χ0n) is 12.1. The number of nitrogens with one attached hydrogen (secondary N) is 2. The van der Waals surface area contributed by atoms with Gasteiger partial charge in [-0.2, -0.15) is 5.26 Å². The van der Waals surface area contributed by atoms with Crippen molar-refractivity contribution in [3.63, 3.8) is 0 Å². The molecule has 110 valence electrons. The molecular weight excluding hydrogens is 279 g/mol. The summed E-state index contributed by atoms with van der Waals surface area (Å²) in [5.41, 5.74) is 3.12. The van der Waals surface area contributed by atoms with Crippen LogP contribution in [0, 0.1) is 11.3 Å². The number of fused-ring (bicyclic) bond motifs is 1. The summed E-state index contributed by atoms with van der Waals surface area (Å²) in [6.07, 6.45) is 0. The maximum absolute atomic E-state index is 9.62. The lowest BCUT2D eigenvalue weighted by Gasteiger charge is -2.10. The number of rotatable bonds is 4. The number of hydrogen-bond acceptors (Lipinski definition) is 6. The molecule has 0 atom stereocenters. The molecule has 3 N–H and O–H groups in total. The molecule has 0 amide bonds. The van der Waals surface area contributed by atoms with Gasteiger partial charge in [0.2, 0.25) is 0 Å². The summed E-state index contributed by atoms with van der Waals surface area (Å²) >= 11 is 0. The third-order valence-electron chi connectivity index (χ3n) is 3.44. The van der Waals surface area contributed by atoms with Crippen LogP contribution in [0.2, 0.25) is 0 Å². The maximum Gasteiger partial charge on any atom is 0.491 e. The van der Waals surface area contributed by atoms with E-state index in [1.165, 1.54) is 0 Å². The van der Waals surface area contributed by atoms with Gasteiger partial charge in [-0.05, 0) is 42.2 Å². The highest BCUT2D eigenvalue weighted by molar-refractivity contribution is 6.61. The van der Waals surface area contributed by atoms with Crippen molar-refractivity contribution in [3.05, 3.63) is 41.5 Å². The summed E-state index contributed by atoms with van der Waals surface area (Å²) < 4.78 is 5.18. The van der Waals surface area contributed by atoms with Gasteiger partial charge in [-0.25, -0.2) is 4.98 Å². The molecule has 22 heavy (non-hydrogen) atoms. The third-order valence-corrected chi connectivity index (χ3v) is 3.44. The van der Waals surface area contributed by atoms with Gasteiger partial charge in [-0.15, -0.1) is 0 Å². The Morgan fingerprint density at radius 1 is 1.41 bits per heavy atom. The summed E-state index contributed by atoms with van der Waals surface area (Å²) in [5, 5.41) is 25.0. The van der Waals surface area contributed by atoms with Crippen LogP contribution >= 0.6 is 0 Å². The molecule has 1 aliphatic rings. The van der Waals surface area contributed by atoms with Crippen molar-refractivity contribution in [1.82, 2.24) is 4.98 Å². The summed E-state index contributed by atoms with van der Waals surface area (Å²) in [6, 6.07) is 11.2. The first-order valence-electron chi connectivity index (χ1n) is 7.06. The fourth-order valence-electron chi connectivity index (χ4n) is 2.38. The van der Waals surface area contributed by atoms with E-state index in [2.05, 4.69) is 21.7 Å². The van der Waals surface area contributed by atoms with Crippen LogP contribution in [0.15, 0.2) is 30.3 Å². The van der Waals surface area contributed by atoms with Crippen molar-refractivity contribution in [2.24, 2.45) is 0 Å². The highest BCUT2D eigenvalue weighted by atomic mass is 16.5. The predicted molar refractivity (Wildman–Crippen MR) is 85.2 cm³/mol. The van der Waals surface area contributed by atoms with Crippen LogP contribution in [0.25, 0.3) is 0 Å². The van der Waals surface area contributed by atoms with E-state index in [-0.39, 0.29) is 0 Å². The highest BCUT2D eigenvalue weighted by Gasteiger charge is 2.26. The lowest BCUT2D eigenvalue weighted by atomic mass is 9.79. The van der Waals surface area contributed by atoms with E-state index < -0.39 is 7.12 Å². The molecule has 6 nitrogen and oxygen atoms in total. The van der Waals surface area contributed by atoms with Gasteiger partial charge in [0.25, 0.3) is 0 Å². The van der Waals surface area contributed by atoms with Crippen LogP contribution in [0.1, 0.15) is 18.1 Å². The third kappa shape index (κ3) is 2.75.